The normalized spacial score (nSPS) is 11.3. The standard InChI is InChI=1S/2C42H28/c1-3-11-29(12-4-1)31-19-20-33-28-34(22-21-32(33)27-31)36-24-26-42(40-18-10-8-16-38(36)40)41-25-23-35(30-13-5-2-6-14-30)37-15-7-9-17-39(37)41;1-3-9-29(10-4-1)31-15-17-35-27-37(21-19-33(35)25-31)39-23-24-40(42-14-8-7-13-41(39)42)38-22-20-34-26-32(16-18-36(34)28-38)30-11-5-2-6-12-30/h2*1-28H. The average molecular weight is 1070 g/mol. The van der Waals surface area contributed by atoms with Crippen LogP contribution in [0.2, 0.25) is 0 Å². The number of hydrogen-bond acceptors (Lipinski definition) is 0. The Morgan fingerprint density at radius 3 is 0.571 bits per heavy atom. The Morgan fingerprint density at radius 2 is 0.298 bits per heavy atom. The topological polar surface area (TPSA) is 0 Å². The summed E-state index contributed by atoms with van der Waals surface area (Å²) in [6, 6.07) is 123. The van der Waals surface area contributed by atoms with Gasteiger partial charge in [0.05, 0.1) is 0 Å². The van der Waals surface area contributed by atoms with Crippen LogP contribution in [0.1, 0.15) is 0 Å². The molecule has 0 unspecified atom stereocenters. The summed E-state index contributed by atoms with van der Waals surface area (Å²) in [6.45, 7) is 0. The van der Waals surface area contributed by atoms with E-state index in [-0.39, 0.29) is 0 Å². The van der Waals surface area contributed by atoms with E-state index in [0.717, 1.165) is 0 Å². The summed E-state index contributed by atoms with van der Waals surface area (Å²) in [4.78, 5) is 0. The minimum atomic E-state index is 1.24. The van der Waals surface area contributed by atoms with Crippen molar-refractivity contribution >= 4 is 64.6 Å². The van der Waals surface area contributed by atoms with Gasteiger partial charge < -0.3 is 0 Å². The Kier molecular flexibility index (Phi) is 13.0. The van der Waals surface area contributed by atoms with Crippen molar-refractivity contribution in [3.05, 3.63) is 340 Å². The third kappa shape index (κ3) is 9.56. The molecule has 392 valence electrons. The third-order valence-corrected chi connectivity index (χ3v) is 16.9. The lowest BCUT2D eigenvalue weighted by Gasteiger charge is -2.16. The molecular formula is C84H56. The van der Waals surface area contributed by atoms with E-state index in [1.165, 1.54) is 154 Å². The molecule has 84 heavy (non-hydrogen) atoms. The van der Waals surface area contributed by atoms with Crippen molar-refractivity contribution in [3.63, 3.8) is 0 Å². The molecule has 0 heterocycles. The molecule has 16 aromatic carbocycles. The number of hydrogen-bond donors (Lipinski definition) is 0. The molecule has 0 saturated heterocycles. The van der Waals surface area contributed by atoms with Crippen LogP contribution in [0.25, 0.3) is 154 Å². The fraction of sp³-hybridized carbons (Fsp3) is 0. The zero-order valence-electron chi connectivity index (χ0n) is 46.3. The Hall–Kier alpha value is -10.9. The van der Waals surface area contributed by atoms with Gasteiger partial charge in [0.2, 0.25) is 0 Å². The van der Waals surface area contributed by atoms with E-state index < -0.39 is 0 Å². The van der Waals surface area contributed by atoms with Crippen LogP contribution < -0.4 is 0 Å². The average Bonchev–Trinajstić information content (AvgIpc) is 1.87. The molecule has 0 aliphatic heterocycles. The van der Waals surface area contributed by atoms with E-state index in [9.17, 15) is 0 Å². The van der Waals surface area contributed by atoms with E-state index in [0.29, 0.717) is 0 Å². The summed E-state index contributed by atoms with van der Waals surface area (Å²) in [5.41, 5.74) is 20.0. The van der Waals surface area contributed by atoms with E-state index in [2.05, 4.69) is 340 Å². The first kappa shape index (κ1) is 50.1. The van der Waals surface area contributed by atoms with Gasteiger partial charge in [0.25, 0.3) is 0 Å². The van der Waals surface area contributed by atoms with Crippen LogP contribution >= 0.6 is 0 Å². The summed E-state index contributed by atoms with van der Waals surface area (Å²) < 4.78 is 0. The molecule has 0 nitrogen and oxygen atoms in total. The smallest absolute Gasteiger partial charge is 0.00987 e. The fourth-order valence-corrected chi connectivity index (χ4v) is 12.7. The van der Waals surface area contributed by atoms with Gasteiger partial charge in [0, 0.05) is 0 Å². The van der Waals surface area contributed by atoms with Crippen LogP contribution in [-0.4, -0.2) is 0 Å². The first-order chi connectivity index (χ1) is 41.6. The predicted octanol–water partition coefficient (Wildman–Crippen LogP) is 23.6. The van der Waals surface area contributed by atoms with Crippen molar-refractivity contribution in [1.29, 1.82) is 0 Å². The second kappa shape index (κ2) is 21.9. The molecule has 16 rings (SSSR count). The highest BCUT2D eigenvalue weighted by molar-refractivity contribution is 6.13. The fourth-order valence-electron chi connectivity index (χ4n) is 12.7. The highest BCUT2D eigenvalue weighted by atomic mass is 14.2. The van der Waals surface area contributed by atoms with E-state index in [1.54, 1.807) is 0 Å². The minimum Gasteiger partial charge on any atom is -0.0622 e. The van der Waals surface area contributed by atoms with Crippen molar-refractivity contribution in [2.45, 2.75) is 0 Å². The summed E-state index contributed by atoms with van der Waals surface area (Å²) in [7, 11) is 0. The molecule has 0 spiro atoms. The van der Waals surface area contributed by atoms with Gasteiger partial charge in [-0.3, -0.25) is 0 Å². The molecule has 0 N–H and O–H groups in total. The first-order valence-corrected chi connectivity index (χ1v) is 29.0. The molecular weight excluding hydrogens is 1010 g/mol. The summed E-state index contributed by atoms with van der Waals surface area (Å²) in [5, 5.41) is 15.2. The zero-order chi connectivity index (χ0) is 55.8. The quantitative estimate of drug-likeness (QED) is 0.142. The number of rotatable bonds is 8. The van der Waals surface area contributed by atoms with Gasteiger partial charge >= 0.3 is 0 Å². The van der Waals surface area contributed by atoms with Crippen LogP contribution in [0, 0.1) is 0 Å². The Labute approximate surface area is 490 Å². The lowest BCUT2D eigenvalue weighted by Crippen LogP contribution is -1.89. The Morgan fingerprint density at radius 1 is 0.107 bits per heavy atom. The van der Waals surface area contributed by atoms with Gasteiger partial charge in [-0.1, -0.05) is 303 Å². The maximum Gasteiger partial charge on any atom is -0.00987 e. The molecule has 0 fully saturated rings. The molecule has 0 aromatic heterocycles. The van der Waals surface area contributed by atoms with Crippen molar-refractivity contribution in [2.75, 3.05) is 0 Å². The van der Waals surface area contributed by atoms with Crippen LogP contribution in [0.5, 0.6) is 0 Å². The van der Waals surface area contributed by atoms with Crippen LogP contribution in [0.3, 0.4) is 0 Å². The lowest BCUT2D eigenvalue weighted by molar-refractivity contribution is 1.63. The van der Waals surface area contributed by atoms with Crippen molar-refractivity contribution < 1.29 is 0 Å². The van der Waals surface area contributed by atoms with E-state index in [1.807, 2.05) is 0 Å². The monoisotopic (exact) mass is 1060 g/mol. The molecule has 0 radical (unpaired) electrons. The lowest BCUT2D eigenvalue weighted by atomic mass is 9.88. The molecule has 0 saturated carbocycles. The SMILES string of the molecule is c1ccc(-c2ccc3cc(-c4ccc(-c5ccc(-c6ccccc6)c6ccccc56)c5ccccc45)ccc3c2)cc1.c1ccc(-c2ccc3cc(-c4ccc(-c5ccc6cc(-c7ccccc7)ccc6c5)c5ccccc45)ccc3c2)cc1. The predicted molar refractivity (Wildman–Crippen MR) is 361 cm³/mol. The molecule has 0 aliphatic rings. The van der Waals surface area contributed by atoms with Gasteiger partial charge in [-0.2, -0.15) is 0 Å². The molecule has 16 aromatic rings. The summed E-state index contributed by atoms with van der Waals surface area (Å²) in [5.74, 6) is 0. The van der Waals surface area contributed by atoms with Crippen LogP contribution in [0.15, 0.2) is 340 Å². The second-order valence-corrected chi connectivity index (χ2v) is 21.9. The number of fused-ring (bicyclic) bond motifs is 6. The largest absolute Gasteiger partial charge is 0.0622 e. The Balaban J connectivity index is 0.000000143. The highest BCUT2D eigenvalue weighted by Gasteiger charge is 2.16. The second-order valence-electron chi connectivity index (χ2n) is 21.9. The van der Waals surface area contributed by atoms with E-state index >= 15 is 0 Å². The first-order valence-electron chi connectivity index (χ1n) is 29.0. The van der Waals surface area contributed by atoms with Gasteiger partial charge in [-0.05, 0) is 190 Å². The zero-order valence-corrected chi connectivity index (χ0v) is 46.3. The molecule has 0 heteroatoms. The highest BCUT2D eigenvalue weighted by Crippen LogP contribution is 2.43. The molecule has 0 atom stereocenters. The molecule has 0 bridgehead atoms. The van der Waals surface area contributed by atoms with Gasteiger partial charge in [-0.15, -0.1) is 0 Å². The van der Waals surface area contributed by atoms with Crippen molar-refractivity contribution in [1.82, 2.24) is 0 Å². The van der Waals surface area contributed by atoms with E-state index in [4.69, 9.17) is 0 Å². The van der Waals surface area contributed by atoms with Crippen LogP contribution in [-0.2, 0) is 0 Å². The third-order valence-electron chi connectivity index (χ3n) is 16.9. The molecule has 0 amide bonds. The Bertz CT molecular complexity index is 4940. The maximum atomic E-state index is 2.33. The molecule has 0 aliphatic carbocycles. The summed E-state index contributed by atoms with van der Waals surface area (Å²) in [6.07, 6.45) is 0. The summed E-state index contributed by atoms with van der Waals surface area (Å²) >= 11 is 0. The van der Waals surface area contributed by atoms with Crippen molar-refractivity contribution in [3.8, 4) is 89.0 Å². The van der Waals surface area contributed by atoms with Gasteiger partial charge in [-0.25, -0.2) is 0 Å². The van der Waals surface area contributed by atoms with Gasteiger partial charge in [0.15, 0.2) is 0 Å². The number of benzene rings is 16. The van der Waals surface area contributed by atoms with Gasteiger partial charge in [0.1, 0.15) is 0 Å². The maximum absolute atomic E-state index is 2.33. The van der Waals surface area contributed by atoms with Crippen LogP contribution in [0.4, 0.5) is 0 Å². The van der Waals surface area contributed by atoms with Crippen molar-refractivity contribution in [2.24, 2.45) is 0 Å². The minimum absolute atomic E-state index is 1.24.